The van der Waals surface area contributed by atoms with Crippen molar-refractivity contribution in [3.63, 3.8) is 0 Å². The van der Waals surface area contributed by atoms with E-state index in [0.717, 1.165) is 21.9 Å². The van der Waals surface area contributed by atoms with Crippen LogP contribution in [-0.4, -0.2) is 25.7 Å². The predicted octanol–water partition coefficient (Wildman–Crippen LogP) is 4.82. The van der Waals surface area contributed by atoms with Gasteiger partial charge in [0.25, 0.3) is 0 Å². The lowest BCUT2D eigenvalue weighted by atomic mass is 10.0. The number of rotatable bonds is 6. The third-order valence-electron chi connectivity index (χ3n) is 3.54. The van der Waals surface area contributed by atoms with Crippen LogP contribution in [0.1, 0.15) is 26.7 Å². The largest absolute Gasteiger partial charge is 0.494 e. The number of para-hydroxylation sites is 1. The van der Waals surface area contributed by atoms with Gasteiger partial charge < -0.3 is 10.1 Å². The van der Waals surface area contributed by atoms with Crippen LogP contribution in [0.5, 0.6) is 5.75 Å². The van der Waals surface area contributed by atoms with E-state index >= 15 is 0 Å². The van der Waals surface area contributed by atoms with Gasteiger partial charge in [-0.05, 0) is 18.6 Å². The molecule has 0 fully saturated rings. The molecule has 1 aliphatic heterocycles. The Balaban J connectivity index is 2.72. The van der Waals surface area contributed by atoms with E-state index in [1.807, 2.05) is 38.1 Å². The van der Waals surface area contributed by atoms with E-state index in [9.17, 15) is 4.79 Å². The maximum atomic E-state index is 12.4. The minimum absolute atomic E-state index is 0.0487. The van der Waals surface area contributed by atoms with Gasteiger partial charge in [0.1, 0.15) is 16.6 Å². The highest BCUT2D eigenvalue weighted by atomic mass is 35.5. The summed E-state index contributed by atoms with van der Waals surface area (Å²) in [4.78, 5) is 18.9. The summed E-state index contributed by atoms with van der Waals surface area (Å²) in [6.45, 7) is 3.84. The Morgan fingerprint density at radius 1 is 1.42 bits per heavy atom. The van der Waals surface area contributed by atoms with Gasteiger partial charge in [-0.25, -0.2) is 4.99 Å². The number of Topliss-reactive ketones (excluding diaryl/α,β-unsaturated/α-hetero) is 1. The molecule has 0 aromatic heterocycles. The summed E-state index contributed by atoms with van der Waals surface area (Å²) in [5.41, 5.74) is 1.94. The Kier molecular flexibility index (Phi) is 6.52. The standard InChI is InChI=1S/C18H21ClN2O2S/c1-5-8-11(12(22)6-2)15-17(18(19)20-3)24-14-10-7-9-13(23-4)16(14)21-15/h7-10,20H,5-6H2,1-4H3/b11-8+,18-17+. The number of benzene rings is 1. The number of nitrogens with one attached hydrogen (secondary N) is 1. The molecule has 0 radical (unpaired) electrons. The maximum absolute atomic E-state index is 12.4. The van der Waals surface area contributed by atoms with Crippen molar-refractivity contribution >= 4 is 40.5 Å². The molecule has 4 nitrogen and oxygen atoms in total. The highest BCUT2D eigenvalue weighted by Crippen LogP contribution is 2.47. The number of ketones is 1. The normalized spacial score (nSPS) is 16.2. The molecule has 0 bridgehead atoms. The highest BCUT2D eigenvalue weighted by molar-refractivity contribution is 8.04. The van der Waals surface area contributed by atoms with Crippen LogP contribution in [0, 0.1) is 0 Å². The summed E-state index contributed by atoms with van der Waals surface area (Å²) >= 11 is 7.86. The van der Waals surface area contributed by atoms with E-state index in [-0.39, 0.29) is 5.78 Å². The molecule has 0 unspecified atom stereocenters. The van der Waals surface area contributed by atoms with Crippen molar-refractivity contribution in [1.29, 1.82) is 0 Å². The van der Waals surface area contributed by atoms with Crippen LogP contribution in [0.25, 0.3) is 0 Å². The number of thioether (sulfide) groups is 1. The molecule has 1 aromatic rings. The van der Waals surface area contributed by atoms with Crippen LogP contribution in [0.3, 0.4) is 0 Å². The Morgan fingerprint density at radius 3 is 2.75 bits per heavy atom. The van der Waals surface area contributed by atoms with Gasteiger partial charge in [0.2, 0.25) is 0 Å². The molecule has 2 rings (SSSR count). The lowest BCUT2D eigenvalue weighted by Gasteiger charge is -2.22. The van der Waals surface area contributed by atoms with E-state index in [4.69, 9.17) is 21.3 Å². The zero-order valence-electron chi connectivity index (χ0n) is 14.3. The minimum Gasteiger partial charge on any atom is -0.494 e. The summed E-state index contributed by atoms with van der Waals surface area (Å²) in [6, 6.07) is 5.74. The van der Waals surface area contributed by atoms with Crippen LogP contribution < -0.4 is 10.1 Å². The molecule has 24 heavy (non-hydrogen) atoms. The van der Waals surface area contributed by atoms with Crippen molar-refractivity contribution in [2.45, 2.75) is 31.6 Å². The molecule has 1 N–H and O–H groups in total. The van der Waals surface area contributed by atoms with Gasteiger partial charge in [-0.1, -0.05) is 49.4 Å². The van der Waals surface area contributed by atoms with Crippen molar-refractivity contribution < 1.29 is 9.53 Å². The van der Waals surface area contributed by atoms with E-state index in [0.29, 0.717) is 28.6 Å². The number of ether oxygens (including phenoxy) is 1. The Hall–Kier alpha value is -1.72. The Bertz CT molecular complexity index is 739. The molecular weight excluding hydrogens is 344 g/mol. The van der Waals surface area contributed by atoms with E-state index in [1.165, 1.54) is 11.8 Å². The number of carbonyl (C=O) groups is 1. The number of carbonyl (C=O) groups excluding carboxylic acids is 1. The second kappa shape index (κ2) is 8.40. The number of fused-ring (bicyclic) bond motifs is 1. The smallest absolute Gasteiger partial charge is 0.164 e. The van der Waals surface area contributed by atoms with Crippen molar-refractivity contribution in [1.82, 2.24) is 5.32 Å². The van der Waals surface area contributed by atoms with Crippen molar-refractivity contribution in [3.05, 3.63) is 39.9 Å². The molecule has 1 aliphatic rings. The first-order valence-corrected chi connectivity index (χ1v) is 9.01. The third-order valence-corrected chi connectivity index (χ3v) is 5.18. The number of hydrogen-bond donors (Lipinski definition) is 1. The number of methoxy groups -OCH3 is 1. The fraction of sp³-hybridized carbons (Fsp3) is 0.333. The maximum Gasteiger partial charge on any atom is 0.164 e. The van der Waals surface area contributed by atoms with E-state index in [2.05, 4.69) is 5.32 Å². The zero-order valence-corrected chi connectivity index (χ0v) is 15.8. The molecule has 0 aliphatic carbocycles. The molecule has 6 heteroatoms. The second-order valence-corrected chi connectivity index (χ2v) is 6.50. The SMILES string of the molecule is CC/C=C(\C(=O)CC)C1=Nc2c(OC)cccc2S/C1=C(\Cl)NC. The molecule has 0 amide bonds. The average Bonchev–Trinajstić information content (AvgIpc) is 2.63. The van der Waals surface area contributed by atoms with Crippen molar-refractivity contribution in [3.8, 4) is 5.75 Å². The fourth-order valence-electron chi connectivity index (χ4n) is 2.36. The molecule has 0 spiro atoms. The van der Waals surface area contributed by atoms with Gasteiger partial charge >= 0.3 is 0 Å². The monoisotopic (exact) mass is 364 g/mol. The highest BCUT2D eigenvalue weighted by Gasteiger charge is 2.27. The van der Waals surface area contributed by atoms with Gasteiger partial charge in [0.15, 0.2) is 5.78 Å². The number of allylic oxidation sites excluding steroid dienone is 3. The molecule has 1 aromatic carbocycles. The average molecular weight is 365 g/mol. The summed E-state index contributed by atoms with van der Waals surface area (Å²) in [7, 11) is 3.36. The first-order chi connectivity index (χ1) is 11.6. The Labute approximate surface area is 152 Å². The van der Waals surface area contributed by atoms with Crippen LogP contribution in [0.4, 0.5) is 5.69 Å². The molecule has 0 saturated heterocycles. The molecule has 128 valence electrons. The van der Waals surface area contributed by atoms with Crippen molar-refractivity contribution in [2.24, 2.45) is 4.99 Å². The predicted molar refractivity (Wildman–Crippen MR) is 102 cm³/mol. The van der Waals surface area contributed by atoms with Crippen LogP contribution >= 0.6 is 23.4 Å². The van der Waals surface area contributed by atoms with Crippen molar-refractivity contribution in [2.75, 3.05) is 14.2 Å². The lowest BCUT2D eigenvalue weighted by molar-refractivity contribution is -0.114. The number of halogens is 1. The second-order valence-electron chi connectivity index (χ2n) is 5.07. The zero-order chi connectivity index (χ0) is 17.7. The quantitative estimate of drug-likeness (QED) is 0.581. The summed E-state index contributed by atoms with van der Waals surface area (Å²) in [5.74, 6) is 0.726. The van der Waals surface area contributed by atoms with Crippen LogP contribution in [0.2, 0.25) is 0 Å². The number of hydrogen-bond acceptors (Lipinski definition) is 5. The first kappa shape index (κ1) is 18.6. The van der Waals surface area contributed by atoms with Gasteiger partial charge in [-0.15, -0.1) is 0 Å². The first-order valence-electron chi connectivity index (χ1n) is 7.82. The van der Waals surface area contributed by atoms with E-state index in [1.54, 1.807) is 14.2 Å². The molecular formula is C18H21ClN2O2S. The lowest BCUT2D eigenvalue weighted by Crippen LogP contribution is -2.18. The van der Waals surface area contributed by atoms with Gasteiger partial charge in [-0.3, -0.25) is 4.79 Å². The summed E-state index contributed by atoms with van der Waals surface area (Å²) in [6.07, 6.45) is 3.07. The van der Waals surface area contributed by atoms with Crippen LogP contribution in [-0.2, 0) is 4.79 Å². The van der Waals surface area contributed by atoms with Crippen LogP contribution in [0.15, 0.2) is 49.8 Å². The van der Waals surface area contributed by atoms with E-state index < -0.39 is 0 Å². The van der Waals surface area contributed by atoms with Gasteiger partial charge in [0, 0.05) is 23.9 Å². The van der Waals surface area contributed by atoms with Gasteiger partial charge in [0.05, 0.1) is 17.7 Å². The van der Waals surface area contributed by atoms with Gasteiger partial charge in [-0.2, -0.15) is 0 Å². The molecule has 0 atom stereocenters. The molecule has 1 heterocycles. The Morgan fingerprint density at radius 2 is 2.17 bits per heavy atom. The fourth-order valence-corrected chi connectivity index (χ4v) is 3.62. The topological polar surface area (TPSA) is 50.7 Å². The minimum atomic E-state index is 0.0487. The summed E-state index contributed by atoms with van der Waals surface area (Å²) < 4.78 is 5.42. The molecule has 0 saturated carbocycles. The number of aliphatic imine (C=N–C) groups is 1. The summed E-state index contributed by atoms with van der Waals surface area (Å²) in [5, 5.41) is 3.42. The number of nitrogens with zero attached hydrogens (tertiary/aromatic N) is 1. The third kappa shape index (κ3) is 3.68.